The molecule has 1 atom stereocenters. The molecule has 1 aromatic carbocycles. The van der Waals surface area contributed by atoms with Crippen LogP contribution in [0.25, 0.3) is 0 Å². The summed E-state index contributed by atoms with van der Waals surface area (Å²) in [6, 6.07) is 4.92. The summed E-state index contributed by atoms with van der Waals surface area (Å²) >= 11 is 0. The van der Waals surface area contributed by atoms with Crippen molar-refractivity contribution >= 4 is 11.8 Å². The monoisotopic (exact) mass is 383 g/mol. The van der Waals surface area contributed by atoms with Gasteiger partial charge in [-0.1, -0.05) is 24.6 Å². The van der Waals surface area contributed by atoms with Crippen molar-refractivity contribution in [2.24, 2.45) is 0 Å². The lowest BCUT2D eigenvalue weighted by Crippen LogP contribution is -2.44. The number of piperidine rings is 1. The third-order valence-corrected chi connectivity index (χ3v) is 5.08. The van der Waals surface area contributed by atoms with E-state index in [4.69, 9.17) is 0 Å². The molecule has 2 fully saturated rings. The molecule has 2 aliphatic heterocycles. The first-order valence-electron chi connectivity index (χ1n) is 9.27. The largest absolute Gasteiger partial charge is 0.416 e. The van der Waals surface area contributed by atoms with Crippen LogP contribution in [0.1, 0.15) is 36.8 Å². The molecule has 2 saturated heterocycles. The quantitative estimate of drug-likeness (QED) is 0.850. The molecule has 0 spiro atoms. The maximum atomic E-state index is 13.1. The Balaban J connectivity index is 1.56. The van der Waals surface area contributed by atoms with E-state index >= 15 is 0 Å². The van der Waals surface area contributed by atoms with Gasteiger partial charge in [0.05, 0.1) is 18.2 Å². The van der Waals surface area contributed by atoms with Crippen LogP contribution in [-0.2, 0) is 22.3 Å². The first kappa shape index (κ1) is 19.7. The Morgan fingerprint density at radius 1 is 1.15 bits per heavy atom. The van der Waals surface area contributed by atoms with Crippen LogP contribution in [0.4, 0.5) is 13.2 Å². The minimum absolute atomic E-state index is 0.0682. The lowest BCUT2D eigenvalue weighted by atomic mass is 10.1. The Hall–Kier alpha value is -2.09. The number of alkyl halides is 3. The first-order chi connectivity index (χ1) is 12.8. The molecule has 2 heterocycles. The zero-order chi connectivity index (χ0) is 19.4. The third kappa shape index (κ3) is 5.22. The molecule has 3 rings (SSSR count). The number of likely N-dealkylation sites (tertiary alicyclic amines) is 2. The van der Waals surface area contributed by atoms with E-state index in [0.717, 1.165) is 32.0 Å². The number of nitrogens with one attached hydrogen (secondary N) is 1. The van der Waals surface area contributed by atoms with E-state index in [1.165, 1.54) is 29.5 Å². The minimum Gasteiger partial charge on any atom is -0.350 e. The SMILES string of the molecule is O=C(CN1CCCCC1)N[C@@H]1CC(=O)N(Cc2ccccc2C(F)(F)F)C1. The maximum Gasteiger partial charge on any atom is 0.416 e. The average Bonchev–Trinajstić information content (AvgIpc) is 2.94. The Kier molecular flexibility index (Phi) is 6.04. The predicted octanol–water partition coefficient (Wildman–Crippen LogP) is 2.41. The van der Waals surface area contributed by atoms with Gasteiger partial charge in [-0.15, -0.1) is 0 Å². The fourth-order valence-electron chi connectivity index (χ4n) is 3.76. The van der Waals surface area contributed by atoms with Gasteiger partial charge >= 0.3 is 6.18 Å². The summed E-state index contributed by atoms with van der Waals surface area (Å²) in [6.45, 7) is 2.24. The summed E-state index contributed by atoms with van der Waals surface area (Å²) < 4.78 is 39.4. The molecule has 27 heavy (non-hydrogen) atoms. The third-order valence-electron chi connectivity index (χ3n) is 5.08. The Morgan fingerprint density at radius 2 is 1.85 bits per heavy atom. The zero-order valence-electron chi connectivity index (χ0n) is 15.1. The van der Waals surface area contributed by atoms with Gasteiger partial charge in [0.2, 0.25) is 11.8 Å². The molecule has 0 aliphatic carbocycles. The van der Waals surface area contributed by atoms with Crippen LogP contribution in [0.5, 0.6) is 0 Å². The maximum absolute atomic E-state index is 13.1. The van der Waals surface area contributed by atoms with E-state index < -0.39 is 11.7 Å². The molecule has 1 aromatic rings. The second-order valence-corrected chi connectivity index (χ2v) is 7.23. The van der Waals surface area contributed by atoms with E-state index in [2.05, 4.69) is 10.2 Å². The molecule has 2 amide bonds. The lowest BCUT2D eigenvalue weighted by Gasteiger charge is -2.26. The molecular formula is C19H24F3N3O2. The number of hydrogen-bond acceptors (Lipinski definition) is 3. The Labute approximate surface area is 156 Å². The number of halogens is 3. The molecule has 0 aromatic heterocycles. The highest BCUT2D eigenvalue weighted by Gasteiger charge is 2.36. The second kappa shape index (κ2) is 8.29. The number of carbonyl (C=O) groups is 2. The fraction of sp³-hybridized carbons (Fsp3) is 0.579. The molecule has 1 N–H and O–H groups in total. The van der Waals surface area contributed by atoms with Gasteiger partial charge in [-0.25, -0.2) is 0 Å². The van der Waals surface area contributed by atoms with E-state index in [-0.39, 0.29) is 42.9 Å². The number of hydrogen-bond donors (Lipinski definition) is 1. The van der Waals surface area contributed by atoms with Crippen molar-refractivity contribution in [2.45, 2.75) is 44.4 Å². The molecule has 0 bridgehead atoms. The van der Waals surface area contributed by atoms with Crippen LogP contribution < -0.4 is 5.32 Å². The first-order valence-corrected chi connectivity index (χ1v) is 9.27. The number of carbonyl (C=O) groups excluding carboxylic acids is 2. The van der Waals surface area contributed by atoms with Gasteiger partial charge in [0.15, 0.2) is 0 Å². The normalized spacial score (nSPS) is 21.5. The topological polar surface area (TPSA) is 52.7 Å². The summed E-state index contributed by atoms with van der Waals surface area (Å²) in [4.78, 5) is 27.9. The standard InChI is InChI=1S/C19H24F3N3O2/c20-19(21,22)16-7-3-2-6-14(16)11-25-12-15(10-18(25)27)23-17(26)13-24-8-4-1-5-9-24/h2-3,6-7,15H,1,4-5,8-13H2,(H,23,26)/t15-/m1/s1. The summed E-state index contributed by atoms with van der Waals surface area (Å²) in [5, 5.41) is 2.85. The molecule has 0 saturated carbocycles. The number of rotatable bonds is 5. The highest BCUT2D eigenvalue weighted by atomic mass is 19.4. The van der Waals surface area contributed by atoms with Crippen molar-refractivity contribution in [3.05, 3.63) is 35.4 Å². The van der Waals surface area contributed by atoms with Gasteiger partial charge in [-0.2, -0.15) is 13.2 Å². The average molecular weight is 383 g/mol. The molecule has 2 aliphatic rings. The highest BCUT2D eigenvalue weighted by Crippen LogP contribution is 2.32. The van der Waals surface area contributed by atoms with Crippen LogP contribution >= 0.6 is 0 Å². The summed E-state index contributed by atoms with van der Waals surface area (Å²) in [5.41, 5.74) is -0.658. The second-order valence-electron chi connectivity index (χ2n) is 7.23. The van der Waals surface area contributed by atoms with Crippen LogP contribution in [0, 0.1) is 0 Å². The van der Waals surface area contributed by atoms with Gasteiger partial charge in [0.25, 0.3) is 0 Å². The zero-order valence-corrected chi connectivity index (χ0v) is 15.1. The van der Waals surface area contributed by atoms with Crippen molar-refractivity contribution in [3.8, 4) is 0 Å². The van der Waals surface area contributed by atoms with Crippen LogP contribution in [-0.4, -0.2) is 53.8 Å². The minimum atomic E-state index is -4.46. The molecular weight excluding hydrogens is 359 g/mol. The summed E-state index contributed by atoms with van der Waals surface area (Å²) in [5.74, 6) is -0.373. The Bertz CT molecular complexity index is 687. The van der Waals surface area contributed by atoms with E-state index in [9.17, 15) is 22.8 Å². The van der Waals surface area contributed by atoms with Gasteiger partial charge in [0.1, 0.15) is 0 Å². The van der Waals surface area contributed by atoms with E-state index in [1.807, 2.05) is 0 Å². The fourth-order valence-corrected chi connectivity index (χ4v) is 3.76. The van der Waals surface area contributed by atoms with Crippen molar-refractivity contribution in [2.75, 3.05) is 26.2 Å². The van der Waals surface area contributed by atoms with Gasteiger partial charge < -0.3 is 10.2 Å². The van der Waals surface area contributed by atoms with Crippen molar-refractivity contribution in [3.63, 3.8) is 0 Å². The number of benzene rings is 1. The molecule has 0 unspecified atom stereocenters. The molecule has 0 radical (unpaired) electrons. The summed E-state index contributed by atoms with van der Waals surface area (Å²) in [7, 11) is 0. The van der Waals surface area contributed by atoms with Crippen molar-refractivity contribution in [1.29, 1.82) is 0 Å². The van der Waals surface area contributed by atoms with Crippen LogP contribution in [0.2, 0.25) is 0 Å². The van der Waals surface area contributed by atoms with Crippen LogP contribution in [0.3, 0.4) is 0 Å². The van der Waals surface area contributed by atoms with Crippen molar-refractivity contribution in [1.82, 2.24) is 15.1 Å². The molecule has 8 heteroatoms. The molecule has 5 nitrogen and oxygen atoms in total. The van der Waals surface area contributed by atoms with E-state index in [1.54, 1.807) is 0 Å². The summed E-state index contributed by atoms with van der Waals surface area (Å²) in [6.07, 6.45) is -0.978. The predicted molar refractivity (Wildman–Crippen MR) is 93.7 cm³/mol. The van der Waals surface area contributed by atoms with Crippen LogP contribution in [0.15, 0.2) is 24.3 Å². The van der Waals surface area contributed by atoms with Gasteiger partial charge in [-0.3, -0.25) is 14.5 Å². The lowest BCUT2D eigenvalue weighted by molar-refractivity contribution is -0.139. The smallest absolute Gasteiger partial charge is 0.350 e. The number of amides is 2. The van der Waals surface area contributed by atoms with Crippen molar-refractivity contribution < 1.29 is 22.8 Å². The Morgan fingerprint density at radius 3 is 2.56 bits per heavy atom. The molecule has 148 valence electrons. The highest BCUT2D eigenvalue weighted by molar-refractivity contribution is 5.83. The van der Waals surface area contributed by atoms with Gasteiger partial charge in [0, 0.05) is 19.5 Å². The van der Waals surface area contributed by atoms with E-state index in [0.29, 0.717) is 6.54 Å². The van der Waals surface area contributed by atoms with Gasteiger partial charge in [-0.05, 0) is 37.6 Å². The number of nitrogens with zero attached hydrogens (tertiary/aromatic N) is 2.